The largest absolute Gasteiger partial charge is 0.435 e. The first-order valence-electron chi connectivity index (χ1n) is 6.63. The average Bonchev–Trinajstić information content (AvgIpc) is 2.68. The van der Waals surface area contributed by atoms with Crippen molar-refractivity contribution in [1.29, 1.82) is 0 Å². The van der Waals surface area contributed by atoms with Crippen molar-refractivity contribution in [2.45, 2.75) is 44.9 Å². The summed E-state index contributed by atoms with van der Waals surface area (Å²) in [7, 11) is 2.85. The molecular weight excluding hydrogens is 321 g/mol. The van der Waals surface area contributed by atoms with Gasteiger partial charge in [-0.1, -0.05) is 13.3 Å². The Morgan fingerprint density at radius 1 is 1.45 bits per heavy atom. The zero-order valence-corrected chi connectivity index (χ0v) is 13.9. The van der Waals surface area contributed by atoms with Gasteiger partial charge in [0.05, 0.1) is 5.54 Å². The highest BCUT2D eigenvalue weighted by atomic mass is 35.5. The molecule has 9 heteroatoms. The molecule has 0 spiro atoms. The van der Waals surface area contributed by atoms with Crippen molar-refractivity contribution < 1.29 is 18.0 Å². The van der Waals surface area contributed by atoms with E-state index in [-0.39, 0.29) is 30.4 Å². The van der Waals surface area contributed by atoms with Crippen LogP contribution in [0.5, 0.6) is 0 Å². The molecule has 1 heterocycles. The Bertz CT molecular complexity index is 514. The third-order valence-electron chi connectivity index (χ3n) is 3.19. The van der Waals surface area contributed by atoms with E-state index in [1.165, 1.54) is 25.2 Å². The van der Waals surface area contributed by atoms with Crippen molar-refractivity contribution >= 4 is 18.3 Å². The first kappa shape index (κ1) is 20.7. The van der Waals surface area contributed by atoms with Crippen LogP contribution in [-0.4, -0.2) is 33.2 Å². The molecule has 1 aromatic heterocycles. The summed E-state index contributed by atoms with van der Waals surface area (Å²) in [5.74, 6) is -0.388. The van der Waals surface area contributed by atoms with Gasteiger partial charge < -0.3 is 10.6 Å². The molecule has 0 radical (unpaired) electrons. The number of carbonyl (C=O) groups excluding carboxylic acids is 1. The third-order valence-corrected chi connectivity index (χ3v) is 3.19. The third kappa shape index (κ3) is 4.88. The van der Waals surface area contributed by atoms with Crippen LogP contribution < -0.4 is 5.73 Å². The average molecular weight is 343 g/mol. The number of nitrogens with two attached hydrogens (primary N) is 1. The van der Waals surface area contributed by atoms with E-state index in [1.807, 2.05) is 6.92 Å². The maximum atomic E-state index is 12.9. The monoisotopic (exact) mass is 342 g/mol. The van der Waals surface area contributed by atoms with Crippen LogP contribution in [0.25, 0.3) is 0 Å². The summed E-state index contributed by atoms with van der Waals surface area (Å²) in [6.07, 6.45) is -2.10. The van der Waals surface area contributed by atoms with Crippen LogP contribution in [0.3, 0.4) is 0 Å². The number of aromatic nitrogens is 2. The number of hydrogen-bond acceptors (Lipinski definition) is 3. The summed E-state index contributed by atoms with van der Waals surface area (Å²) in [5, 5.41) is 3.42. The Morgan fingerprint density at radius 2 is 2.00 bits per heavy atom. The zero-order valence-electron chi connectivity index (χ0n) is 13.1. The molecule has 1 aromatic rings. The highest BCUT2D eigenvalue weighted by Gasteiger charge is 2.38. The molecule has 0 aliphatic heterocycles. The Hall–Kier alpha value is -1.28. The molecule has 0 aliphatic carbocycles. The molecule has 2 N–H and O–H groups in total. The second-order valence-electron chi connectivity index (χ2n) is 5.50. The quantitative estimate of drug-likeness (QED) is 0.893. The second kappa shape index (κ2) is 7.32. The topological polar surface area (TPSA) is 64.2 Å². The fraction of sp³-hybridized carbons (Fsp3) is 0.692. The highest BCUT2D eigenvalue weighted by Crippen LogP contribution is 2.31. The predicted octanol–water partition coefficient (Wildman–Crippen LogP) is 2.34. The normalized spacial score (nSPS) is 14.2. The summed E-state index contributed by atoms with van der Waals surface area (Å²) < 4.78 is 39.7. The van der Waals surface area contributed by atoms with E-state index in [0.717, 1.165) is 4.68 Å². The van der Waals surface area contributed by atoms with Crippen LogP contribution in [0.1, 0.15) is 37.9 Å². The molecule has 5 nitrogen and oxygen atoms in total. The van der Waals surface area contributed by atoms with Crippen molar-refractivity contribution in [2.24, 2.45) is 12.8 Å². The van der Waals surface area contributed by atoms with Gasteiger partial charge in [0.15, 0.2) is 5.69 Å². The second-order valence-corrected chi connectivity index (χ2v) is 5.50. The number of nitrogens with zero attached hydrogens (tertiary/aromatic N) is 3. The predicted molar refractivity (Wildman–Crippen MR) is 79.4 cm³/mol. The molecule has 128 valence electrons. The summed E-state index contributed by atoms with van der Waals surface area (Å²) in [5.41, 5.74) is 3.82. The Kier molecular flexibility index (Phi) is 6.90. The summed E-state index contributed by atoms with van der Waals surface area (Å²) in [6.45, 7) is 3.29. The van der Waals surface area contributed by atoms with E-state index in [1.54, 1.807) is 6.92 Å². The highest BCUT2D eigenvalue weighted by molar-refractivity contribution is 5.85. The smallest absolute Gasteiger partial charge is 0.340 e. The number of aryl methyl sites for hydroxylation is 1. The van der Waals surface area contributed by atoms with Gasteiger partial charge in [0.2, 0.25) is 5.91 Å². The van der Waals surface area contributed by atoms with E-state index < -0.39 is 17.4 Å². The number of hydrogen-bond donors (Lipinski definition) is 1. The standard InChI is InChI=1S/C13H21F3N4O.ClH/c1-5-6-12(2,17)11(21)19(3)7-9-8-20(4)18-10(9)13(14,15)16;/h8H,5-7,17H2,1-4H3;1H. The molecule has 0 bridgehead atoms. The SMILES string of the molecule is CCCC(C)(N)C(=O)N(C)Cc1cn(C)nc1C(F)(F)F.Cl. The molecule has 1 unspecified atom stereocenters. The Morgan fingerprint density at radius 3 is 2.45 bits per heavy atom. The fourth-order valence-electron chi connectivity index (χ4n) is 2.28. The molecule has 0 saturated heterocycles. The minimum Gasteiger partial charge on any atom is -0.340 e. The summed E-state index contributed by atoms with van der Waals surface area (Å²) >= 11 is 0. The lowest BCUT2D eigenvalue weighted by Crippen LogP contribution is -2.51. The summed E-state index contributed by atoms with van der Waals surface area (Å²) in [4.78, 5) is 13.4. The zero-order chi connectivity index (χ0) is 16.4. The van der Waals surface area contributed by atoms with E-state index in [2.05, 4.69) is 5.10 Å². The van der Waals surface area contributed by atoms with Crippen LogP contribution in [0.2, 0.25) is 0 Å². The van der Waals surface area contributed by atoms with Crippen LogP contribution in [-0.2, 0) is 24.6 Å². The van der Waals surface area contributed by atoms with E-state index in [0.29, 0.717) is 12.8 Å². The van der Waals surface area contributed by atoms with Crippen LogP contribution >= 0.6 is 12.4 Å². The van der Waals surface area contributed by atoms with E-state index >= 15 is 0 Å². The van der Waals surface area contributed by atoms with Crippen molar-refractivity contribution in [3.63, 3.8) is 0 Å². The van der Waals surface area contributed by atoms with E-state index in [4.69, 9.17) is 5.73 Å². The van der Waals surface area contributed by atoms with Gasteiger partial charge in [-0.15, -0.1) is 12.4 Å². The number of carbonyl (C=O) groups is 1. The van der Waals surface area contributed by atoms with Gasteiger partial charge in [0, 0.05) is 32.4 Å². The lowest BCUT2D eigenvalue weighted by atomic mass is 9.96. The molecule has 0 aliphatic rings. The minimum absolute atomic E-state index is 0. The van der Waals surface area contributed by atoms with Gasteiger partial charge in [-0.3, -0.25) is 9.48 Å². The molecule has 22 heavy (non-hydrogen) atoms. The molecule has 1 atom stereocenters. The number of halogens is 4. The van der Waals surface area contributed by atoms with Crippen LogP contribution in [0.4, 0.5) is 13.2 Å². The lowest BCUT2D eigenvalue weighted by Gasteiger charge is -2.29. The molecular formula is C13H22ClF3N4O. The van der Waals surface area contributed by atoms with Crippen LogP contribution in [0.15, 0.2) is 6.20 Å². The number of rotatable bonds is 5. The van der Waals surface area contributed by atoms with Crippen molar-refractivity contribution in [3.05, 3.63) is 17.5 Å². The minimum atomic E-state index is -4.55. The van der Waals surface area contributed by atoms with Gasteiger partial charge in [-0.25, -0.2) is 0 Å². The van der Waals surface area contributed by atoms with Crippen molar-refractivity contribution in [2.75, 3.05) is 7.05 Å². The van der Waals surface area contributed by atoms with Crippen LogP contribution in [0, 0.1) is 0 Å². The maximum absolute atomic E-state index is 12.9. The van der Waals surface area contributed by atoms with Gasteiger partial charge in [0.25, 0.3) is 0 Å². The molecule has 1 amide bonds. The Balaban J connectivity index is 0.00000441. The van der Waals surface area contributed by atoms with Gasteiger partial charge >= 0.3 is 6.18 Å². The fourth-order valence-corrected chi connectivity index (χ4v) is 2.28. The number of amides is 1. The summed E-state index contributed by atoms with van der Waals surface area (Å²) in [6, 6.07) is 0. The van der Waals surface area contributed by atoms with Gasteiger partial charge in [-0.2, -0.15) is 18.3 Å². The van der Waals surface area contributed by atoms with Gasteiger partial charge in [0.1, 0.15) is 0 Å². The molecule has 0 saturated carbocycles. The molecule has 0 aromatic carbocycles. The molecule has 0 fully saturated rings. The lowest BCUT2D eigenvalue weighted by molar-refractivity contribution is -0.143. The molecule has 1 rings (SSSR count). The van der Waals surface area contributed by atoms with E-state index in [9.17, 15) is 18.0 Å². The van der Waals surface area contributed by atoms with Crippen molar-refractivity contribution in [3.8, 4) is 0 Å². The van der Waals surface area contributed by atoms with Gasteiger partial charge in [-0.05, 0) is 13.3 Å². The maximum Gasteiger partial charge on any atom is 0.435 e. The number of likely N-dealkylation sites (N-methyl/N-ethyl adjacent to an activating group) is 1. The first-order valence-corrected chi connectivity index (χ1v) is 6.63. The van der Waals surface area contributed by atoms with Crippen molar-refractivity contribution in [1.82, 2.24) is 14.7 Å². The number of alkyl halides is 3. The first-order chi connectivity index (χ1) is 9.49. The Labute approximate surface area is 134 Å².